The second-order valence-corrected chi connectivity index (χ2v) is 4.63. The SMILES string of the molecule is CS(=O)(=O)Nc1c(F)cccc1Cl. The molecule has 1 aromatic rings. The molecule has 3 nitrogen and oxygen atoms in total. The van der Waals surface area contributed by atoms with Crippen LogP contribution in [0.5, 0.6) is 0 Å². The Morgan fingerprint density at radius 2 is 2.08 bits per heavy atom. The molecule has 0 atom stereocenters. The molecule has 0 saturated heterocycles. The second kappa shape index (κ2) is 3.51. The molecule has 0 saturated carbocycles. The highest BCUT2D eigenvalue weighted by Crippen LogP contribution is 2.25. The zero-order chi connectivity index (χ0) is 10.1. The van der Waals surface area contributed by atoms with Crippen LogP contribution in [0.4, 0.5) is 10.1 Å². The number of rotatable bonds is 2. The van der Waals surface area contributed by atoms with Crippen LogP contribution in [0.3, 0.4) is 0 Å². The molecule has 0 radical (unpaired) electrons. The van der Waals surface area contributed by atoms with Crippen molar-refractivity contribution in [3.05, 3.63) is 29.0 Å². The van der Waals surface area contributed by atoms with E-state index in [1.165, 1.54) is 12.1 Å². The highest BCUT2D eigenvalue weighted by Gasteiger charge is 2.10. The maximum Gasteiger partial charge on any atom is 0.229 e. The van der Waals surface area contributed by atoms with Crippen molar-refractivity contribution in [2.24, 2.45) is 0 Å². The van der Waals surface area contributed by atoms with E-state index in [-0.39, 0.29) is 10.7 Å². The smallest absolute Gasteiger partial charge is 0.229 e. The van der Waals surface area contributed by atoms with Gasteiger partial charge >= 0.3 is 0 Å². The van der Waals surface area contributed by atoms with Gasteiger partial charge in [-0.1, -0.05) is 17.7 Å². The Morgan fingerprint density at radius 3 is 2.54 bits per heavy atom. The predicted molar refractivity (Wildman–Crippen MR) is 49.9 cm³/mol. The van der Waals surface area contributed by atoms with Crippen LogP contribution in [-0.4, -0.2) is 14.7 Å². The minimum atomic E-state index is -3.50. The Balaban J connectivity index is 3.15. The summed E-state index contributed by atoms with van der Waals surface area (Å²) in [6, 6.07) is 3.92. The molecule has 0 amide bonds. The van der Waals surface area contributed by atoms with E-state index in [0.717, 1.165) is 12.3 Å². The fourth-order valence-electron chi connectivity index (χ4n) is 0.781. The van der Waals surface area contributed by atoms with Gasteiger partial charge in [0.25, 0.3) is 0 Å². The molecule has 1 aromatic carbocycles. The van der Waals surface area contributed by atoms with E-state index in [1.807, 2.05) is 4.72 Å². The van der Waals surface area contributed by atoms with Crippen LogP contribution in [0.1, 0.15) is 0 Å². The summed E-state index contributed by atoms with van der Waals surface area (Å²) in [4.78, 5) is 0. The lowest BCUT2D eigenvalue weighted by Gasteiger charge is -2.06. The predicted octanol–water partition coefficient (Wildman–Crippen LogP) is 1.85. The first-order valence-corrected chi connectivity index (χ1v) is 5.59. The van der Waals surface area contributed by atoms with E-state index in [4.69, 9.17) is 11.6 Å². The number of sulfonamides is 1. The van der Waals surface area contributed by atoms with Crippen molar-refractivity contribution in [1.82, 2.24) is 0 Å². The van der Waals surface area contributed by atoms with Crippen molar-refractivity contribution < 1.29 is 12.8 Å². The Bertz CT molecular complexity index is 398. The fraction of sp³-hybridized carbons (Fsp3) is 0.143. The molecule has 1 rings (SSSR count). The molecule has 72 valence electrons. The number of hydrogen-bond acceptors (Lipinski definition) is 2. The van der Waals surface area contributed by atoms with Crippen molar-refractivity contribution in [2.75, 3.05) is 11.0 Å². The first-order chi connectivity index (χ1) is 5.90. The summed E-state index contributed by atoms with van der Waals surface area (Å²) >= 11 is 5.57. The zero-order valence-electron chi connectivity index (χ0n) is 6.71. The topological polar surface area (TPSA) is 46.2 Å². The molecule has 0 aliphatic rings. The molecule has 0 aliphatic carbocycles. The van der Waals surface area contributed by atoms with Gasteiger partial charge in [-0.05, 0) is 12.1 Å². The summed E-state index contributed by atoms with van der Waals surface area (Å²) in [6.45, 7) is 0. The Hall–Kier alpha value is -0.810. The maximum atomic E-state index is 13.0. The van der Waals surface area contributed by atoms with Crippen molar-refractivity contribution in [1.29, 1.82) is 0 Å². The fourth-order valence-corrected chi connectivity index (χ4v) is 1.63. The molecule has 0 fully saturated rings. The van der Waals surface area contributed by atoms with Crippen LogP contribution in [0.25, 0.3) is 0 Å². The summed E-state index contributed by atoms with van der Waals surface area (Å²) in [5, 5.41) is 0.0328. The van der Waals surface area contributed by atoms with Gasteiger partial charge in [0.1, 0.15) is 11.5 Å². The monoisotopic (exact) mass is 223 g/mol. The van der Waals surface area contributed by atoms with E-state index >= 15 is 0 Å². The minimum absolute atomic E-state index is 0.0328. The van der Waals surface area contributed by atoms with Crippen LogP contribution in [0, 0.1) is 5.82 Å². The van der Waals surface area contributed by atoms with E-state index < -0.39 is 15.8 Å². The van der Waals surface area contributed by atoms with Gasteiger partial charge in [0, 0.05) is 0 Å². The summed E-state index contributed by atoms with van der Waals surface area (Å²) in [5.74, 6) is -0.696. The Morgan fingerprint density at radius 1 is 1.46 bits per heavy atom. The largest absolute Gasteiger partial charge is 0.279 e. The molecule has 13 heavy (non-hydrogen) atoms. The average molecular weight is 224 g/mol. The highest BCUT2D eigenvalue weighted by atomic mass is 35.5. The number of hydrogen-bond donors (Lipinski definition) is 1. The molecule has 0 heterocycles. The van der Waals surface area contributed by atoms with Crippen molar-refractivity contribution in [3.8, 4) is 0 Å². The van der Waals surface area contributed by atoms with E-state index in [1.54, 1.807) is 0 Å². The first kappa shape index (κ1) is 10.3. The van der Waals surface area contributed by atoms with E-state index in [2.05, 4.69) is 0 Å². The number of nitrogens with one attached hydrogen (secondary N) is 1. The molecule has 0 unspecified atom stereocenters. The molecule has 0 aromatic heterocycles. The first-order valence-electron chi connectivity index (χ1n) is 3.32. The average Bonchev–Trinajstić information content (AvgIpc) is 1.95. The van der Waals surface area contributed by atoms with Crippen LogP contribution in [0.15, 0.2) is 18.2 Å². The standard InChI is InChI=1S/C7H7ClFNO2S/c1-13(11,12)10-7-5(8)3-2-4-6(7)9/h2-4,10H,1H3. The number of para-hydroxylation sites is 1. The molecule has 0 spiro atoms. The third-order valence-corrected chi connectivity index (χ3v) is 2.14. The minimum Gasteiger partial charge on any atom is -0.279 e. The number of halogens is 2. The van der Waals surface area contributed by atoms with Crippen LogP contribution in [0.2, 0.25) is 5.02 Å². The lowest BCUT2D eigenvalue weighted by atomic mass is 10.3. The maximum absolute atomic E-state index is 13.0. The molecule has 1 N–H and O–H groups in total. The van der Waals surface area contributed by atoms with E-state index in [9.17, 15) is 12.8 Å². The zero-order valence-corrected chi connectivity index (χ0v) is 8.29. The lowest BCUT2D eigenvalue weighted by molar-refractivity contribution is 0.603. The molecule has 0 aliphatic heterocycles. The van der Waals surface area contributed by atoms with Gasteiger partial charge in [-0.3, -0.25) is 4.72 Å². The number of anilines is 1. The highest BCUT2D eigenvalue weighted by molar-refractivity contribution is 7.92. The van der Waals surface area contributed by atoms with Gasteiger partial charge in [0.05, 0.1) is 11.3 Å². The van der Waals surface area contributed by atoms with E-state index in [0.29, 0.717) is 0 Å². The third-order valence-electron chi connectivity index (χ3n) is 1.25. The molecule has 0 bridgehead atoms. The van der Waals surface area contributed by atoms with Gasteiger partial charge in [-0.2, -0.15) is 0 Å². The van der Waals surface area contributed by atoms with Gasteiger partial charge in [-0.25, -0.2) is 12.8 Å². The Labute approximate surface area is 80.6 Å². The van der Waals surface area contributed by atoms with Gasteiger partial charge < -0.3 is 0 Å². The summed E-state index contributed by atoms with van der Waals surface area (Å²) in [6.07, 6.45) is 0.926. The number of benzene rings is 1. The molecular formula is C7H7ClFNO2S. The third kappa shape index (κ3) is 2.86. The summed E-state index contributed by atoms with van der Waals surface area (Å²) in [5.41, 5.74) is -0.216. The summed E-state index contributed by atoms with van der Waals surface area (Å²) < 4.78 is 36.5. The van der Waals surface area contributed by atoms with Crippen molar-refractivity contribution in [2.45, 2.75) is 0 Å². The normalized spacial score (nSPS) is 11.3. The molecule has 6 heteroatoms. The van der Waals surface area contributed by atoms with Crippen molar-refractivity contribution >= 4 is 27.3 Å². The van der Waals surface area contributed by atoms with Crippen molar-refractivity contribution in [3.63, 3.8) is 0 Å². The van der Waals surface area contributed by atoms with Crippen LogP contribution >= 0.6 is 11.6 Å². The van der Waals surface area contributed by atoms with Gasteiger partial charge in [-0.15, -0.1) is 0 Å². The quantitative estimate of drug-likeness (QED) is 0.832. The van der Waals surface area contributed by atoms with Gasteiger partial charge in [0.15, 0.2) is 0 Å². The van der Waals surface area contributed by atoms with Gasteiger partial charge in [0.2, 0.25) is 10.0 Å². The van der Waals surface area contributed by atoms with Crippen LogP contribution < -0.4 is 4.72 Å². The van der Waals surface area contributed by atoms with Crippen LogP contribution in [-0.2, 0) is 10.0 Å². The summed E-state index contributed by atoms with van der Waals surface area (Å²) in [7, 11) is -3.50. The lowest BCUT2D eigenvalue weighted by Crippen LogP contribution is -2.11. The second-order valence-electron chi connectivity index (χ2n) is 2.47. The Kier molecular flexibility index (Phi) is 2.77. The molecular weight excluding hydrogens is 217 g/mol.